The lowest BCUT2D eigenvalue weighted by atomic mass is 10.1. The van der Waals surface area contributed by atoms with Gasteiger partial charge in [0.05, 0.1) is 11.9 Å². The number of anilines is 1. The molecule has 0 bridgehead atoms. The van der Waals surface area contributed by atoms with Crippen molar-refractivity contribution in [2.45, 2.75) is 32.0 Å². The van der Waals surface area contributed by atoms with Crippen molar-refractivity contribution in [2.24, 2.45) is 0 Å². The van der Waals surface area contributed by atoms with Crippen molar-refractivity contribution < 1.29 is 14.6 Å². The van der Waals surface area contributed by atoms with Crippen LogP contribution in [0.25, 0.3) is 28.0 Å². The van der Waals surface area contributed by atoms with E-state index >= 15 is 0 Å². The van der Waals surface area contributed by atoms with E-state index in [2.05, 4.69) is 32.7 Å². The minimum absolute atomic E-state index is 0.103. The summed E-state index contributed by atoms with van der Waals surface area (Å²) >= 11 is 2.12. The number of carbonyl (C=O) groups is 1. The summed E-state index contributed by atoms with van der Waals surface area (Å²) in [5.74, 6) is 0.650. The topological polar surface area (TPSA) is 119 Å². The Morgan fingerprint density at radius 1 is 1.14 bits per heavy atom. The number of hydrogen-bond acceptors (Lipinski definition) is 7. The number of benzene rings is 1. The zero-order valence-electron chi connectivity index (χ0n) is 19.1. The van der Waals surface area contributed by atoms with Gasteiger partial charge in [0.25, 0.3) is 5.91 Å². The Kier molecular flexibility index (Phi) is 6.56. The molecular formula is C25H25IN6O3. The highest BCUT2D eigenvalue weighted by molar-refractivity contribution is 14.1. The molecule has 0 radical (unpaired) electrons. The fraction of sp³-hybridized carbons (Fsp3) is 0.280. The Labute approximate surface area is 216 Å². The highest BCUT2D eigenvalue weighted by atomic mass is 127. The number of nitrogens with zero attached hydrogens (tertiary/aromatic N) is 5. The second-order valence-electron chi connectivity index (χ2n) is 8.53. The number of amides is 1. The number of aliphatic hydroxyl groups is 1. The first-order valence-electron chi connectivity index (χ1n) is 11.4. The first-order chi connectivity index (χ1) is 16.9. The van der Waals surface area contributed by atoms with E-state index in [9.17, 15) is 9.90 Å². The molecule has 0 unspecified atom stereocenters. The third-order valence-electron chi connectivity index (χ3n) is 6.13. The summed E-state index contributed by atoms with van der Waals surface area (Å²) in [6, 6.07) is 14.0. The first-order valence-corrected chi connectivity index (χ1v) is 12.5. The van der Waals surface area contributed by atoms with Gasteiger partial charge in [0, 0.05) is 48.8 Å². The van der Waals surface area contributed by atoms with Crippen LogP contribution in [0.5, 0.6) is 5.88 Å². The van der Waals surface area contributed by atoms with Gasteiger partial charge in [0.1, 0.15) is 21.6 Å². The van der Waals surface area contributed by atoms with Gasteiger partial charge in [-0.2, -0.15) is 14.6 Å². The highest BCUT2D eigenvalue weighted by Crippen LogP contribution is 2.32. The van der Waals surface area contributed by atoms with Crippen LogP contribution in [0.4, 0.5) is 5.82 Å². The van der Waals surface area contributed by atoms with Crippen molar-refractivity contribution in [1.29, 1.82) is 0 Å². The second kappa shape index (κ2) is 9.78. The molecule has 0 saturated carbocycles. The number of likely N-dealkylation sites (tertiary alicyclic amines) is 1. The second-order valence-corrected chi connectivity index (χ2v) is 9.61. The highest BCUT2D eigenvalue weighted by Gasteiger charge is 2.27. The van der Waals surface area contributed by atoms with Crippen LogP contribution in [0.1, 0.15) is 19.8 Å². The lowest BCUT2D eigenvalue weighted by Gasteiger charge is -2.32. The summed E-state index contributed by atoms with van der Waals surface area (Å²) in [6.07, 6.45) is 3.75. The maximum absolute atomic E-state index is 12.0. The average molecular weight is 584 g/mol. The molecule has 5 rings (SSSR count). The normalized spacial score (nSPS) is 15.3. The lowest BCUT2D eigenvalue weighted by Crippen LogP contribution is -2.45. The van der Waals surface area contributed by atoms with Crippen LogP contribution in [-0.2, 0) is 4.79 Å². The van der Waals surface area contributed by atoms with Crippen LogP contribution in [0.2, 0.25) is 0 Å². The quantitative estimate of drug-likeness (QED) is 0.346. The summed E-state index contributed by atoms with van der Waals surface area (Å²) in [5, 5.41) is 14.0. The molecule has 1 atom stereocenters. The Hall–Kier alpha value is -3.25. The molecule has 0 spiro atoms. The molecule has 1 aliphatic rings. The van der Waals surface area contributed by atoms with E-state index in [4.69, 9.17) is 15.5 Å². The monoisotopic (exact) mass is 584 g/mol. The molecule has 1 aliphatic heterocycles. The number of fused-ring (bicyclic) bond motifs is 1. The summed E-state index contributed by atoms with van der Waals surface area (Å²) in [6.45, 7) is 2.54. The molecule has 10 heteroatoms. The average Bonchev–Trinajstić information content (AvgIpc) is 3.31. The number of piperidine rings is 1. The van der Waals surface area contributed by atoms with E-state index in [1.807, 2.05) is 48.7 Å². The zero-order valence-corrected chi connectivity index (χ0v) is 21.3. The third kappa shape index (κ3) is 4.67. The first kappa shape index (κ1) is 23.5. The van der Waals surface area contributed by atoms with E-state index in [0.29, 0.717) is 46.8 Å². The van der Waals surface area contributed by atoms with Crippen LogP contribution in [0.3, 0.4) is 0 Å². The van der Waals surface area contributed by atoms with Gasteiger partial charge in [-0.15, -0.1) is 0 Å². The molecule has 1 fully saturated rings. The van der Waals surface area contributed by atoms with Crippen LogP contribution in [0, 0.1) is 3.57 Å². The van der Waals surface area contributed by atoms with Crippen molar-refractivity contribution in [3.63, 3.8) is 0 Å². The standard InChI is InChI=1S/C25H25IN6O3/c1-15(33)25(34)31-11-9-18(10-12-31)35-24-21(26)22(27)32-23(30-24)19(14-29-32)17-7-8-20(28-13-17)16-5-3-2-4-6-16/h2-8,13-15,18,33H,9-12,27H2,1H3/t15-/m1/s1. The van der Waals surface area contributed by atoms with Crippen molar-refractivity contribution in [3.05, 3.63) is 58.4 Å². The predicted octanol–water partition coefficient (Wildman–Crippen LogP) is 3.40. The fourth-order valence-corrected chi connectivity index (χ4v) is 4.68. The number of hydrogen-bond donors (Lipinski definition) is 2. The van der Waals surface area contributed by atoms with Crippen molar-refractivity contribution in [2.75, 3.05) is 18.8 Å². The predicted molar refractivity (Wildman–Crippen MR) is 141 cm³/mol. The molecule has 3 N–H and O–H groups in total. The number of nitrogen functional groups attached to an aromatic ring is 1. The molecule has 9 nitrogen and oxygen atoms in total. The third-order valence-corrected chi connectivity index (χ3v) is 7.14. The van der Waals surface area contributed by atoms with E-state index in [1.54, 1.807) is 15.6 Å². The number of nitrogens with two attached hydrogens (primary N) is 1. The Balaban J connectivity index is 1.40. The van der Waals surface area contributed by atoms with Crippen molar-refractivity contribution in [3.8, 4) is 28.3 Å². The molecule has 0 aliphatic carbocycles. The van der Waals surface area contributed by atoms with Gasteiger partial charge in [-0.3, -0.25) is 9.78 Å². The summed E-state index contributed by atoms with van der Waals surface area (Å²) < 4.78 is 8.54. The molecule has 3 aromatic heterocycles. The maximum Gasteiger partial charge on any atom is 0.251 e. The summed E-state index contributed by atoms with van der Waals surface area (Å²) in [7, 11) is 0. The van der Waals surface area contributed by atoms with Crippen LogP contribution >= 0.6 is 22.6 Å². The fourth-order valence-electron chi connectivity index (χ4n) is 4.20. The Bertz CT molecular complexity index is 1350. The summed E-state index contributed by atoms with van der Waals surface area (Å²) in [4.78, 5) is 23.1. The maximum atomic E-state index is 12.0. The zero-order chi connectivity index (χ0) is 24.5. The summed E-state index contributed by atoms with van der Waals surface area (Å²) in [5.41, 5.74) is 10.6. The minimum atomic E-state index is -0.992. The number of pyridine rings is 1. The number of halogens is 1. The molecule has 1 saturated heterocycles. The Morgan fingerprint density at radius 2 is 1.89 bits per heavy atom. The number of carbonyl (C=O) groups excluding carboxylic acids is 1. The molecule has 4 aromatic rings. The number of aliphatic hydroxyl groups excluding tert-OH is 1. The number of ether oxygens (including phenoxy) is 1. The van der Waals surface area contributed by atoms with Gasteiger partial charge in [0.2, 0.25) is 5.88 Å². The van der Waals surface area contributed by atoms with E-state index in [1.165, 1.54) is 6.92 Å². The molecule has 35 heavy (non-hydrogen) atoms. The van der Waals surface area contributed by atoms with Gasteiger partial charge < -0.3 is 20.5 Å². The van der Waals surface area contributed by atoms with E-state index < -0.39 is 6.10 Å². The number of rotatable bonds is 5. The van der Waals surface area contributed by atoms with E-state index in [-0.39, 0.29) is 12.0 Å². The molecule has 180 valence electrons. The minimum Gasteiger partial charge on any atom is -0.473 e. The molecular weight excluding hydrogens is 559 g/mol. The van der Waals surface area contributed by atoms with Crippen molar-refractivity contribution in [1.82, 2.24) is 24.5 Å². The smallest absolute Gasteiger partial charge is 0.251 e. The largest absolute Gasteiger partial charge is 0.473 e. The van der Waals surface area contributed by atoms with E-state index in [0.717, 1.165) is 22.4 Å². The van der Waals surface area contributed by atoms with Gasteiger partial charge in [0.15, 0.2) is 5.65 Å². The van der Waals surface area contributed by atoms with Crippen LogP contribution in [-0.4, -0.2) is 60.8 Å². The lowest BCUT2D eigenvalue weighted by molar-refractivity contribution is -0.141. The van der Waals surface area contributed by atoms with Gasteiger partial charge >= 0.3 is 0 Å². The van der Waals surface area contributed by atoms with Crippen LogP contribution in [0.15, 0.2) is 54.9 Å². The van der Waals surface area contributed by atoms with Crippen LogP contribution < -0.4 is 10.5 Å². The van der Waals surface area contributed by atoms with Crippen molar-refractivity contribution >= 4 is 40.0 Å². The number of aromatic nitrogens is 4. The SMILES string of the molecule is C[C@@H](O)C(=O)N1CCC(Oc2nc3c(-c4ccc(-c5ccccc5)nc4)cnn3c(N)c2I)CC1. The molecule has 4 heterocycles. The Morgan fingerprint density at radius 3 is 2.54 bits per heavy atom. The van der Waals surface area contributed by atoms with Gasteiger partial charge in [-0.25, -0.2) is 0 Å². The molecule has 1 aromatic carbocycles. The van der Waals surface area contributed by atoms with Gasteiger partial charge in [-0.1, -0.05) is 36.4 Å². The van der Waals surface area contributed by atoms with Gasteiger partial charge in [-0.05, 0) is 35.6 Å². The molecule has 1 amide bonds.